The minimum Gasteiger partial charge on any atom is -0.381 e. The van der Waals surface area contributed by atoms with Crippen LogP contribution in [-0.4, -0.2) is 23.3 Å². The lowest BCUT2D eigenvalue weighted by atomic mass is 9.75. The molecule has 0 bridgehead atoms. The largest absolute Gasteiger partial charge is 0.381 e. The quantitative estimate of drug-likeness (QED) is 0.475. The topological polar surface area (TPSA) is 26.3 Å². The minimum atomic E-state index is -1.11. The summed E-state index contributed by atoms with van der Waals surface area (Å²) in [6, 6.07) is 0. The highest BCUT2D eigenvalue weighted by atomic mass is 35.5. The van der Waals surface area contributed by atoms with Crippen LogP contribution >= 0.6 is 23.2 Å². The SMILES string of the molecule is CCC(CCCCC1CCC2CC(Cl)(Cl)C(=O)CC12)OC. The van der Waals surface area contributed by atoms with Crippen LogP contribution in [0.2, 0.25) is 0 Å². The Morgan fingerprint density at radius 3 is 2.76 bits per heavy atom. The number of fused-ring (bicyclic) bond motifs is 1. The summed E-state index contributed by atoms with van der Waals surface area (Å²) in [6.07, 6.45) is 10.1. The van der Waals surface area contributed by atoms with Gasteiger partial charge in [-0.2, -0.15) is 0 Å². The lowest BCUT2D eigenvalue weighted by Crippen LogP contribution is -2.38. The van der Waals surface area contributed by atoms with E-state index in [1.807, 2.05) is 0 Å². The zero-order valence-corrected chi connectivity index (χ0v) is 14.8. The van der Waals surface area contributed by atoms with Gasteiger partial charge in [0, 0.05) is 13.5 Å². The fraction of sp³-hybridized carbons (Fsp3) is 0.941. The van der Waals surface area contributed by atoms with Crippen molar-refractivity contribution < 1.29 is 9.53 Å². The lowest BCUT2D eigenvalue weighted by Gasteiger charge is -2.35. The van der Waals surface area contributed by atoms with Crippen LogP contribution in [0.3, 0.4) is 0 Å². The maximum absolute atomic E-state index is 12.0. The second-order valence-electron chi connectivity index (χ2n) is 6.85. The number of carbonyl (C=O) groups is 1. The molecule has 0 aromatic carbocycles. The Morgan fingerprint density at radius 1 is 1.33 bits per heavy atom. The zero-order valence-electron chi connectivity index (χ0n) is 13.2. The number of alkyl halides is 2. The highest BCUT2D eigenvalue weighted by Gasteiger charge is 2.49. The van der Waals surface area contributed by atoms with E-state index in [9.17, 15) is 4.79 Å². The molecule has 2 aliphatic carbocycles. The third-order valence-corrected chi connectivity index (χ3v) is 6.34. The standard InChI is InChI=1S/C17H28Cl2O2/c1-3-14(21-2)7-5-4-6-12-8-9-13-11-17(18,19)16(20)10-15(12)13/h12-15H,3-11H2,1-2H3. The number of unbranched alkanes of at least 4 members (excludes halogenated alkanes) is 1. The highest BCUT2D eigenvalue weighted by molar-refractivity contribution is 6.58. The van der Waals surface area contributed by atoms with Crippen molar-refractivity contribution >= 4 is 29.0 Å². The maximum Gasteiger partial charge on any atom is 0.176 e. The normalized spacial score (nSPS) is 33.0. The smallest absolute Gasteiger partial charge is 0.176 e. The van der Waals surface area contributed by atoms with E-state index in [2.05, 4.69) is 6.92 Å². The first-order valence-electron chi connectivity index (χ1n) is 8.41. The van der Waals surface area contributed by atoms with E-state index >= 15 is 0 Å². The Hall–Kier alpha value is 0.210. The summed E-state index contributed by atoms with van der Waals surface area (Å²) in [6.45, 7) is 2.17. The van der Waals surface area contributed by atoms with Gasteiger partial charge in [-0.05, 0) is 49.9 Å². The fourth-order valence-corrected chi connectivity index (χ4v) is 4.81. The van der Waals surface area contributed by atoms with E-state index in [0.29, 0.717) is 36.7 Å². The van der Waals surface area contributed by atoms with E-state index in [1.54, 1.807) is 7.11 Å². The van der Waals surface area contributed by atoms with Crippen LogP contribution in [0, 0.1) is 17.8 Å². The Labute approximate surface area is 138 Å². The van der Waals surface area contributed by atoms with Gasteiger partial charge in [-0.15, -0.1) is 0 Å². The number of rotatable bonds is 7. The van der Waals surface area contributed by atoms with Gasteiger partial charge in [0.15, 0.2) is 10.1 Å². The molecule has 0 aromatic rings. The van der Waals surface area contributed by atoms with Crippen LogP contribution in [0.15, 0.2) is 0 Å². The third-order valence-electron chi connectivity index (χ3n) is 5.61. The molecule has 2 aliphatic rings. The van der Waals surface area contributed by atoms with Crippen LogP contribution in [0.5, 0.6) is 0 Å². The monoisotopic (exact) mass is 334 g/mol. The molecule has 2 rings (SSSR count). The molecule has 2 fully saturated rings. The van der Waals surface area contributed by atoms with Gasteiger partial charge in [0.25, 0.3) is 0 Å². The van der Waals surface area contributed by atoms with Crippen molar-refractivity contribution in [3.05, 3.63) is 0 Å². The van der Waals surface area contributed by atoms with Gasteiger partial charge >= 0.3 is 0 Å². The predicted molar refractivity (Wildman–Crippen MR) is 87.9 cm³/mol. The van der Waals surface area contributed by atoms with Crippen molar-refractivity contribution in [3.8, 4) is 0 Å². The summed E-state index contributed by atoms with van der Waals surface area (Å²) in [5, 5.41) is 0. The molecule has 122 valence electrons. The number of halogens is 2. The molecule has 2 nitrogen and oxygen atoms in total. The van der Waals surface area contributed by atoms with Crippen LogP contribution in [-0.2, 0) is 9.53 Å². The molecule has 0 aromatic heterocycles. The molecule has 0 spiro atoms. The number of hydrogen-bond donors (Lipinski definition) is 0. The molecule has 4 heteroatoms. The van der Waals surface area contributed by atoms with Crippen molar-refractivity contribution in [3.63, 3.8) is 0 Å². The van der Waals surface area contributed by atoms with Crippen molar-refractivity contribution in [2.75, 3.05) is 7.11 Å². The van der Waals surface area contributed by atoms with Gasteiger partial charge in [0.05, 0.1) is 6.10 Å². The minimum absolute atomic E-state index is 0.0458. The summed E-state index contributed by atoms with van der Waals surface area (Å²) >= 11 is 12.3. The number of Topliss-reactive ketones (excluding diaryl/α,β-unsaturated/α-hetero) is 1. The van der Waals surface area contributed by atoms with Crippen molar-refractivity contribution in [1.29, 1.82) is 0 Å². The van der Waals surface area contributed by atoms with Crippen LogP contribution in [0.1, 0.15) is 64.7 Å². The van der Waals surface area contributed by atoms with E-state index in [0.717, 1.165) is 12.8 Å². The molecule has 21 heavy (non-hydrogen) atoms. The summed E-state index contributed by atoms with van der Waals surface area (Å²) in [7, 11) is 1.80. The zero-order chi connectivity index (χ0) is 15.5. The van der Waals surface area contributed by atoms with E-state index in [4.69, 9.17) is 27.9 Å². The maximum atomic E-state index is 12.0. The van der Waals surface area contributed by atoms with Crippen molar-refractivity contribution in [1.82, 2.24) is 0 Å². The number of methoxy groups -OCH3 is 1. The van der Waals surface area contributed by atoms with E-state index < -0.39 is 4.33 Å². The summed E-state index contributed by atoms with van der Waals surface area (Å²) in [5.74, 6) is 1.84. The van der Waals surface area contributed by atoms with Crippen molar-refractivity contribution in [2.45, 2.75) is 75.1 Å². The molecule has 4 atom stereocenters. The molecule has 4 unspecified atom stereocenters. The van der Waals surface area contributed by atoms with Gasteiger partial charge in [-0.25, -0.2) is 0 Å². The average Bonchev–Trinajstić information content (AvgIpc) is 2.81. The van der Waals surface area contributed by atoms with E-state index in [1.165, 1.54) is 32.1 Å². The number of ether oxygens (including phenoxy) is 1. The highest BCUT2D eigenvalue weighted by Crippen LogP contribution is 2.51. The molecule has 2 saturated carbocycles. The molecular weight excluding hydrogens is 307 g/mol. The van der Waals surface area contributed by atoms with Gasteiger partial charge in [-0.3, -0.25) is 4.79 Å². The summed E-state index contributed by atoms with van der Waals surface area (Å²) in [5.41, 5.74) is 0. The van der Waals surface area contributed by atoms with Gasteiger partial charge < -0.3 is 4.74 Å². The van der Waals surface area contributed by atoms with Crippen LogP contribution in [0.25, 0.3) is 0 Å². The van der Waals surface area contributed by atoms with Gasteiger partial charge in [0.1, 0.15) is 0 Å². The van der Waals surface area contributed by atoms with Gasteiger partial charge in [-0.1, -0.05) is 49.4 Å². The number of carbonyl (C=O) groups excluding carboxylic acids is 1. The molecule has 0 aliphatic heterocycles. The molecule has 0 radical (unpaired) electrons. The second kappa shape index (κ2) is 7.66. The summed E-state index contributed by atoms with van der Waals surface area (Å²) < 4.78 is 4.31. The molecular formula is C17H28Cl2O2. The van der Waals surface area contributed by atoms with Crippen molar-refractivity contribution in [2.24, 2.45) is 17.8 Å². The first-order valence-corrected chi connectivity index (χ1v) is 9.17. The number of hydrogen-bond acceptors (Lipinski definition) is 2. The molecule has 0 heterocycles. The van der Waals surface area contributed by atoms with Crippen LogP contribution in [0.4, 0.5) is 0 Å². The third kappa shape index (κ3) is 4.36. The predicted octanol–water partition coefficient (Wildman–Crippen LogP) is 5.15. The van der Waals surface area contributed by atoms with Crippen LogP contribution < -0.4 is 0 Å². The fourth-order valence-electron chi connectivity index (χ4n) is 4.26. The molecule has 0 N–H and O–H groups in total. The Balaban J connectivity index is 1.75. The molecule has 0 amide bonds. The molecule has 0 saturated heterocycles. The lowest BCUT2D eigenvalue weighted by molar-refractivity contribution is -0.123. The Kier molecular flexibility index (Phi) is 6.40. The first-order chi connectivity index (χ1) is 9.97. The average molecular weight is 335 g/mol. The Morgan fingerprint density at radius 2 is 2.10 bits per heavy atom. The van der Waals surface area contributed by atoms with E-state index in [-0.39, 0.29) is 5.78 Å². The second-order valence-corrected chi connectivity index (χ2v) is 8.33. The number of ketones is 1. The first kappa shape index (κ1) is 17.6. The van der Waals surface area contributed by atoms with Gasteiger partial charge in [0.2, 0.25) is 0 Å². The summed E-state index contributed by atoms with van der Waals surface area (Å²) in [4.78, 5) is 12.0. The Bertz CT molecular complexity index is 353.